The van der Waals surface area contributed by atoms with E-state index in [4.69, 9.17) is 5.73 Å². The van der Waals surface area contributed by atoms with Crippen molar-refractivity contribution in [2.45, 2.75) is 5.03 Å². The molecule has 0 aliphatic carbocycles. The lowest BCUT2D eigenvalue weighted by Gasteiger charge is -2.11. The molecule has 1 amide bonds. The molecular weight excluding hydrogens is 338 g/mol. The molecule has 3 rings (SSSR count). The molecule has 0 fully saturated rings. The van der Waals surface area contributed by atoms with Gasteiger partial charge >= 0.3 is 0 Å². The van der Waals surface area contributed by atoms with Crippen molar-refractivity contribution >= 4 is 29.0 Å². The number of hydrogen-bond donors (Lipinski definition) is 1. The van der Waals surface area contributed by atoms with E-state index < -0.39 is 5.91 Å². The zero-order valence-electron chi connectivity index (χ0n) is 12.6. The lowest BCUT2D eigenvalue weighted by molar-refractivity contribution is -0.115. The number of primary amides is 1. The monoisotopic (exact) mass is 351 g/mol. The minimum atomic E-state index is -0.437. The van der Waals surface area contributed by atoms with Gasteiger partial charge in [0.1, 0.15) is 11.1 Å². The van der Waals surface area contributed by atoms with Crippen LogP contribution in [-0.4, -0.2) is 16.6 Å². The average Bonchev–Trinajstić information content (AvgIpc) is 3.14. The summed E-state index contributed by atoms with van der Waals surface area (Å²) in [6.07, 6.45) is 0. The highest BCUT2D eigenvalue weighted by atomic mass is 32.2. The predicted octanol–water partition coefficient (Wildman–Crippen LogP) is 3.93. The molecule has 0 aliphatic rings. The van der Waals surface area contributed by atoms with Gasteiger partial charge < -0.3 is 5.73 Å². The molecule has 1 aromatic carbocycles. The third kappa shape index (κ3) is 3.48. The van der Waals surface area contributed by atoms with Crippen LogP contribution in [0.5, 0.6) is 0 Å². The predicted molar refractivity (Wildman–Crippen MR) is 97.6 cm³/mol. The molecule has 6 heteroatoms. The number of rotatable bonds is 5. The number of carbonyl (C=O) groups excluding carboxylic acids is 1. The number of thioether (sulfide) groups is 1. The SMILES string of the molecule is N#Cc1c(-c2cccs2)cc(-c2ccccc2)nc1SCC(N)=O. The molecule has 4 nitrogen and oxygen atoms in total. The molecule has 0 unspecified atom stereocenters. The standard InChI is InChI=1S/C18H13N3OS2/c19-10-14-13(16-7-4-8-23-16)9-15(12-5-2-1-3-6-12)21-18(14)24-11-17(20)22/h1-9H,11H2,(H2,20,22). The maximum atomic E-state index is 11.1. The molecule has 2 aromatic heterocycles. The van der Waals surface area contributed by atoms with Gasteiger partial charge in [-0.05, 0) is 17.5 Å². The second-order valence-electron chi connectivity index (χ2n) is 4.95. The molecule has 3 aromatic rings. The van der Waals surface area contributed by atoms with E-state index in [1.807, 2.05) is 53.9 Å². The Morgan fingerprint density at radius 3 is 2.67 bits per heavy atom. The van der Waals surface area contributed by atoms with Gasteiger partial charge in [0.2, 0.25) is 5.91 Å². The average molecular weight is 351 g/mol. The number of amides is 1. The minimum absolute atomic E-state index is 0.0871. The molecule has 0 aliphatic heterocycles. The highest BCUT2D eigenvalue weighted by Gasteiger charge is 2.16. The molecule has 2 N–H and O–H groups in total. The number of nitrogens with zero attached hydrogens (tertiary/aromatic N) is 2. The highest BCUT2D eigenvalue weighted by Crippen LogP contribution is 2.35. The van der Waals surface area contributed by atoms with E-state index >= 15 is 0 Å². The Balaban J connectivity index is 2.18. The summed E-state index contributed by atoms with van der Waals surface area (Å²) in [4.78, 5) is 16.7. The molecule has 0 atom stereocenters. The van der Waals surface area contributed by atoms with Gasteiger partial charge in [0, 0.05) is 16.0 Å². The van der Waals surface area contributed by atoms with Crippen molar-refractivity contribution < 1.29 is 4.79 Å². The van der Waals surface area contributed by atoms with Gasteiger partial charge in [-0.15, -0.1) is 11.3 Å². The molecule has 0 saturated heterocycles. The second-order valence-corrected chi connectivity index (χ2v) is 6.86. The quantitative estimate of drug-likeness (QED) is 0.706. The molecule has 0 saturated carbocycles. The van der Waals surface area contributed by atoms with E-state index in [1.165, 1.54) is 11.8 Å². The van der Waals surface area contributed by atoms with E-state index in [0.29, 0.717) is 10.6 Å². The zero-order valence-corrected chi connectivity index (χ0v) is 14.2. The van der Waals surface area contributed by atoms with Gasteiger partial charge in [0.25, 0.3) is 0 Å². The summed E-state index contributed by atoms with van der Waals surface area (Å²) in [6.45, 7) is 0. The Morgan fingerprint density at radius 1 is 1.25 bits per heavy atom. The number of hydrogen-bond acceptors (Lipinski definition) is 5. The number of aromatic nitrogens is 1. The van der Waals surface area contributed by atoms with Crippen molar-refractivity contribution in [2.24, 2.45) is 5.73 Å². The third-order valence-corrected chi connectivity index (χ3v) is 5.21. The highest BCUT2D eigenvalue weighted by molar-refractivity contribution is 8.00. The second kappa shape index (κ2) is 7.30. The first-order chi connectivity index (χ1) is 11.7. The van der Waals surface area contributed by atoms with Crippen molar-refractivity contribution in [3.05, 3.63) is 59.5 Å². The maximum Gasteiger partial charge on any atom is 0.227 e. The third-order valence-electron chi connectivity index (χ3n) is 3.31. The number of pyridine rings is 1. The summed E-state index contributed by atoms with van der Waals surface area (Å²) < 4.78 is 0. The van der Waals surface area contributed by atoms with Crippen LogP contribution < -0.4 is 5.73 Å². The lowest BCUT2D eigenvalue weighted by atomic mass is 10.0. The fourth-order valence-electron chi connectivity index (χ4n) is 2.26. The molecule has 0 radical (unpaired) electrons. The Kier molecular flexibility index (Phi) is 4.94. The Morgan fingerprint density at radius 2 is 2.04 bits per heavy atom. The van der Waals surface area contributed by atoms with Gasteiger partial charge in [0.15, 0.2) is 0 Å². The minimum Gasteiger partial charge on any atom is -0.369 e. The molecule has 0 bridgehead atoms. The van der Waals surface area contributed by atoms with Gasteiger partial charge in [-0.25, -0.2) is 4.98 Å². The first-order valence-electron chi connectivity index (χ1n) is 7.14. The number of carbonyl (C=O) groups is 1. The Bertz CT molecular complexity index is 900. The van der Waals surface area contributed by atoms with Crippen molar-refractivity contribution in [2.75, 3.05) is 5.75 Å². The first-order valence-corrected chi connectivity index (χ1v) is 9.01. The molecule has 2 heterocycles. The van der Waals surface area contributed by atoms with E-state index in [2.05, 4.69) is 11.1 Å². The van der Waals surface area contributed by atoms with Gasteiger partial charge in [-0.2, -0.15) is 5.26 Å². The summed E-state index contributed by atoms with van der Waals surface area (Å²) in [5, 5.41) is 12.1. The normalized spacial score (nSPS) is 10.3. The largest absolute Gasteiger partial charge is 0.369 e. The fourth-order valence-corrected chi connectivity index (χ4v) is 3.75. The van der Waals surface area contributed by atoms with Crippen LogP contribution in [0.25, 0.3) is 21.7 Å². The summed E-state index contributed by atoms with van der Waals surface area (Å²) in [5.41, 5.74) is 8.28. The number of benzene rings is 1. The van der Waals surface area contributed by atoms with Crippen LogP contribution in [0.3, 0.4) is 0 Å². The molecule has 0 spiro atoms. The first kappa shape index (κ1) is 16.2. The summed E-state index contributed by atoms with van der Waals surface area (Å²) in [7, 11) is 0. The summed E-state index contributed by atoms with van der Waals surface area (Å²) in [5.74, 6) is -0.349. The fraction of sp³-hybridized carbons (Fsp3) is 0.0556. The summed E-state index contributed by atoms with van der Waals surface area (Å²) >= 11 is 2.76. The molecular formula is C18H13N3OS2. The van der Waals surface area contributed by atoms with Crippen molar-refractivity contribution in [3.8, 4) is 27.8 Å². The van der Waals surface area contributed by atoms with Crippen LogP contribution in [0, 0.1) is 11.3 Å². The number of nitriles is 1. The number of thiophene rings is 1. The van der Waals surface area contributed by atoms with Gasteiger partial charge in [0.05, 0.1) is 17.0 Å². The maximum absolute atomic E-state index is 11.1. The van der Waals surface area contributed by atoms with Crippen LogP contribution in [0.4, 0.5) is 0 Å². The van der Waals surface area contributed by atoms with Crippen molar-refractivity contribution in [1.29, 1.82) is 5.26 Å². The van der Waals surface area contributed by atoms with Crippen LogP contribution in [-0.2, 0) is 4.79 Å². The zero-order chi connectivity index (χ0) is 16.9. The number of nitrogens with two attached hydrogens (primary N) is 1. The Labute approximate surface area is 148 Å². The van der Waals surface area contributed by atoms with Crippen LogP contribution in [0.2, 0.25) is 0 Å². The van der Waals surface area contributed by atoms with Crippen molar-refractivity contribution in [1.82, 2.24) is 4.98 Å². The van der Waals surface area contributed by atoms with Crippen LogP contribution in [0.1, 0.15) is 5.56 Å². The van der Waals surface area contributed by atoms with Crippen molar-refractivity contribution in [3.63, 3.8) is 0 Å². The smallest absolute Gasteiger partial charge is 0.227 e. The van der Waals surface area contributed by atoms with E-state index in [0.717, 1.165) is 21.7 Å². The van der Waals surface area contributed by atoms with Crippen LogP contribution in [0.15, 0.2) is 58.9 Å². The van der Waals surface area contributed by atoms with Gasteiger partial charge in [-0.3, -0.25) is 4.79 Å². The Hall–Kier alpha value is -2.62. The molecule has 24 heavy (non-hydrogen) atoms. The van der Waals surface area contributed by atoms with E-state index in [9.17, 15) is 10.1 Å². The lowest BCUT2D eigenvalue weighted by Crippen LogP contribution is -2.13. The van der Waals surface area contributed by atoms with E-state index in [1.54, 1.807) is 11.3 Å². The topological polar surface area (TPSA) is 79.8 Å². The van der Waals surface area contributed by atoms with Crippen LogP contribution >= 0.6 is 23.1 Å². The van der Waals surface area contributed by atoms with Gasteiger partial charge in [-0.1, -0.05) is 48.2 Å². The van der Waals surface area contributed by atoms with E-state index in [-0.39, 0.29) is 5.75 Å². The summed E-state index contributed by atoms with van der Waals surface area (Å²) in [6, 6.07) is 17.8. The molecule has 118 valence electrons.